The summed E-state index contributed by atoms with van der Waals surface area (Å²) in [5.74, 6) is 0.635. The first-order chi connectivity index (χ1) is 10.8. The number of fused-ring (bicyclic) bond motifs is 3. The van der Waals surface area contributed by atoms with E-state index in [0.717, 1.165) is 5.69 Å². The Hall–Kier alpha value is -3.01. The van der Waals surface area contributed by atoms with Crippen molar-refractivity contribution in [3.8, 4) is 0 Å². The highest BCUT2D eigenvalue weighted by Crippen LogP contribution is 2.35. The van der Waals surface area contributed by atoms with E-state index in [9.17, 15) is 0 Å². The minimum atomic E-state index is 0.635. The Bertz CT molecular complexity index is 951. The molecule has 0 bridgehead atoms. The number of anilines is 2. The average Bonchev–Trinajstić information content (AvgIpc) is 2.61. The molecule has 22 heavy (non-hydrogen) atoms. The number of nitrogens with zero attached hydrogens (tertiary/aromatic N) is 4. The zero-order valence-corrected chi connectivity index (χ0v) is 12.1. The normalized spacial score (nSPS) is 11.0. The van der Waals surface area contributed by atoms with Crippen molar-refractivity contribution in [2.45, 2.75) is 0 Å². The summed E-state index contributed by atoms with van der Waals surface area (Å²) in [6, 6.07) is 19.0. The number of aromatic nitrogens is 3. The second kappa shape index (κ2) is 5.07. The summed E-state index contributed by atoms with van der Waals surface area (Å²) in [5.41, 5.74) is 1.08. The van der Waals surface area contributed by atoms with Crippen LogP contribution in [0.15, 0.2) is 67.3 Å². The maximum Gasteiger partial charge on any atom is 0.232 e. The third-order valence-electron chi connectivity index (χ3n) is 3.89. The second-order valence-corrected chi connectivity index (χ2v) is 5.16. The molecule has 0 saturated heterocycles. The van der Waals surface area contributed by atoms with Crippen molar-refractivity contribution in [1.82, 2.24) is 15.0 Å². The summed E-state index contributed by atoms with van der Waals surface area (Å²) in [6.07, 6.45) is 3.03. The predicted molar refractivity (Wildman–Crippen MR) is 89.3 cm³/mol. The third-order valence-corrected chi connectivity index (χ3v) is 3.89. The molecule has 4 rings (SSSR count). The summed E-state index contributed by atoms with van der Waals surface area (Å²) in [7, 11) is 1.98. The maximum absolute atomic E-state index is 4.25. The monoisotopic (exact) mass is 286 g/mol. The van der Waals surface area contributed by atoms with Crippen LogP contribution in [0.1, 0.15) is 0 Å². The number of benzene rings is 3. The molecule has 0 N–H and O–H groups in total. The molecule has 4 aromatic rings. The molecular formula is C18H14N4. The van der Waals surface area contributed by atoms with Gasteiger partial charge >= 0.3 is 0 Å². The average molecular weight is 286 g/mol. The summed E-state index contributed by atoms with van der Waals surface area (Å²) < 4.78 is 0. The zero-order chi connectivity index (χ0) is 14.9. The van der Waals surface area contributed by atoms with Crippen LogP contribution >= 0.6 is 0 Å². The van der Waals surface area contributed by atoms with Crippen LogP contribution in [0.25, 0.3) is 21.5 Å². The number of hydrogen-bond acceptors (Lipinski definition) is 4. The van der Waals surface area contributed by atoms with Crippen molar-refractivity contribution >= 4 is 33.2 Å². The van der Waals surface area contributed by atoms with Crippen molar-refractivity contribution in [3.05, 3.63) is 67.3 Å². The SMILES string of the molecule is CN(c1ncncn1)c1cc2ccccc2c2ccccc12. The number of rotatable bonds is 2. The Morgan fingerprint density at radius 3 is 2.18 bits per heavy atom. The van der Waals surface area contributed by atoms with Crippen LogP contribution in [0.2, 0.25) is 0 Å². The van der Waals surface area contributed by atoms with E-state index in [1.807, 2.05) is 11.9 Å². The minimum Gasteiger partial charge on any atom is -0.313 e. The fourth-order valence-corrected chi connectivity index (χ4v) is 2.83. The summed E-state index contributed by atoms with van der Waals surface area (Å²) in [5, 5.41) is 4.88. The van der Waals surface area contributed by atoms with Crippen molar-refractivity contribution < 1.29 is 0 Å². The zero-order valence-electron chi connectivity index (χ0n) is 12.1. The van der Waals surface area contributed by atoms with E-state index in [2.05, 4.69) is 69.5 Å². The molecule has 0 radical (unpaired) electrons. The molecule has 1 heterocycles. The summed E-state index contributed by atoms with van der Waals surface area (Å²) in [4.78, 5) is 14.4. The van der Waals surface area contributed by atoms with Crippen LogP contribution in [-0.4, -0.2) is 22.0 Å². The van der Waals surface area contributed by atoms with Crippen LogP contribution in [0.3, 0.4) is 0 Å². The molecule has 4 heteroatoms. The highest BCUT2D eigenvalue weighted by atomic mass is 15.2. The van der Waals surface area contributed by atoms with E-state index >= 15 is 0 Å². The molecule has 0 unspecified atom stereocenters. The van der Waals surface area contributed by atoms with E-state index in [0.29, 0.717) is 5.95 Å². The van der Waals surface area contributed by atoms with Crippen LogP contribution < -0.4 is 4.90 Å². The molecule has 0 fully saturated rings. The van der Waals surface area contributed by atoms with E-state index in [4.69, 9.17) is 0 Å². The van der Waals surface area contributed by atoms with Gasteiger partial charge in [-0.3, -0.25) is 0 Å². The topological polar surface area (TPSA) is 41.9 Å². The summed E-state index contributed by atoms with van der Waals surface area (Å²) in [6.45, 7) is 0. The second-order valence-electron chi connectivity index (χ2n) is 5.16. The van der Waals surface area contributed by atoms with Gasteiger partial charge < -0.3 is 4.90 Å². The molecule has 0 aliphatic carbocycles. The first kappa shape index (κ1) is 12.7. The third kappa shape index (κ3) is 1.97. The molecule has 0 aliphatic heterocycles. The van der Waals surface area contributed by atoms with Crippen LogP contribution in [0.5, 0.6) is 0 Å². The highest BCUT2D eigenvalue weighted by Gasteiger charge is 2.12. The van der Waals surface area contributed by atoms with Crippen molar-refractivity contribution in [2.75, 3.05) is 11.9 Å². The van der Waals surface area contributed by atoms with Gasteiger partial charge in [0.05, 0.1) is 5.69 Å². The standard InChI is InChI=1S/C18H14N4/c1-22(18-20-11-19-12-21-18)17-10-13-6-2-3-7-14(13)15-8-4-5-9-16(15)17/h2-12H,1H3. The van der Waals surface area contributed by atoms with Gasteiger partial charge in [0.2, 0.25) is 5.95 Å². The Kier molecular flexibility index (Phi) is 2.93. The Balaban J connectivity index is 2.04. The van der Waals surface area contributed by atoms with Crippen molar-refractivity contribution in [2.24, 2.45) is 0 Å². The molecule has 0 aliphatic rings. The van der Waals surface area contributed by atoms with Gasteiger partial charge in [-0.05, 0) is 22.2 Å². The fraction of sp³-hybridized carbons (Fsp3) is 0.0556. The van der Waals surface area contributed by atoms with Gasteiger partial charge in [0.25, 0.3) is 0 Å². The maximum atomic E-state index is 4.25. The Labute approximate surface area is 128 Å². The van der Waals surface area contributed by atoms with Gasteiger partial charge in [0.15, 0.2) is 0 Å². The lowest BCUT2D eigenvalue weighted by Gasteiger charge is -2.20. The first-order valence-corrected chi connectivity index (χ1v) is 7.11. The van der Waals surface area contributed by atoms with Gasteiger partial charge in [-0.1, -0.05) is 48.5 Å². The number of hydrogen-bond donors (Lipinski definition) is 0. The molecule has 0 saturated carbocycles. The minimum absolute atomic E-state index is 0.635. The van der Waals surface area contributed by atoms with Crippen LogP contribution in [-0.2, 0) is 0 Å². The molecule has 0 spiro atoms. The van der Waals surface area contributed by atoms with E-state index in [1.54, 1.807) is 0 Å². The lowest BCUT2D eigenvalue weighted by molar-refractivity contribution is 0.987. The van der Waals surface area contributed by atoms with Gasteiger partial charge in [-0.2, -0.15) is 0 Å². The molecule has 106 valence electrons. The largest absolute Gasteiger partial charge is 0.313 e. The van der Waals surface area contributed by atoms with Gasteiger partial charge in [0, 0.05) is 12.4 Å². The molecule has 1 aromatic heterocycles. The van der Waals surface area contributed by atoms with Crippen LogP contribution in [0.4, 0.5) is 11.6 Å². The van der Waals surface area contributed by atoms with Gasteiger partial charge in [-0.25, -0.2) is 15.0 Å². The first-order valence-electron chi connectivity index (χ1n) is 7.11. The van der Waals surface area contributed by atoms with E-state index < -0.39 is 0 Å². The van der Waals surface area contributed by atoms with Crippen LogP contribution in [0, 0.1) is 0 Å². The lowest BCUT2D eigenvalue weighted by atomic mass is 10.00. The van der Waals surface area contributed by atoms with Crippen molar-refractivity contribution in [1.29, 1.82) is 0 Å². The quantitative estimate of drug-likeness (QED) is 0.523. The Morgan fingerprint density at radius 1 is 0.773 bits per heavy atom. The highest BCUT2D eigenvalue weighted by molar-refractivity contribution is 6.13. The molecular weight excluding hydrogens is 272 g/mol. The lowest BCUT2D eigenvalue weighted by Crippen LogP contribution is -2.13. The molecule has 0 amide bonds. The Morgan fingerprint density at radius 2 is 1.41 bits per heavy atom. The van der Waals surface area contributed by atoms with Gasteiger partial charge in [0.1, 0.15) is 12.7 Å². The molecule has 0 atom stereocenters. The van der Waals surface area contributed by atoms with E-state index in [1.165, 1.54) is 34.2 Å². The smallest absolute Gasteiger partial charge is 0.232 e. The van der Waals surface area contributed by atoms with Crippen molar-refractivity contribution in [3.63, 3.8) is 0 Å². The molecule has 3 aromatic carbocycles. The summed E-state index contributed by atoms with van der Waals surface area (Å²) >= 11 is 0. The molecule has 4 nitrogen and oxygen atoms in total. The fourth-order valence-electron chi connectivity index (χ4n) is 2.83. The predicted octanol–water partition coefficient (Wildman–Crippen LogP) is 3.95. The van der Waals surface area contributed by atoms with E-state index in [-0.39, 0.29) is 0 Å². The van der Waals surface area contributed by atoms with Gasteiger partial charge in [-0.15, -0.1) is 0 Å².